The van der Waals surface area contributed by atoms with Gasteiger partial charge in [0, 0.05) is 27.8 Å². The Morgan fingerprint density at radius 1 is 0.571 bits per heavy atom. The van der Waals surface area contributed by atoms with Crippen molar-refractivity contribution in [1.82, 2.24) is 9.97 Å². The van der Waals surface area contributed by atoms with Crippen LogP contribution >= 0.6 is 0 Å². The zero-order chi connectivity index (χ0) is 24.0. The second-order valence-electron chi connectivity index (χ2n) is 7.96. The molecule has 1 aromatic heterocycles. The van der Waals surface area contributed by atoms with Gasteiger partial charge in [-0.1, -0.05) is 42.2 Å². The van der Waals surface area contributed by atoms with Gasteiger partial charge in [-0.3, -0.25) is 0 Å². The van der Waals surface area contributed by atoms with Crippen LogP contribution in [0.4, 0.5) is 0 Å². The summed E-state index contributed by atoms with van der Waals surface area (Å²) in [6.07, 6.45) is 0. The fourth-order valence-electron chi connectivity index (χ4n) is 3.81. The molecule has 4 heteroatoms. The highest BCUT2D eigenvalue weighted by atomic mass is 16.5. The van der Waals surface area contributed by atoms with Crippen LogP contribution in [0.3, 0.4) is 0 Å². The van der Waals surface area contributed by atoms with Crippen LogP contribution in [0.5, 0.6) is 11.5 Å². The summed E-state index contributed by atoms with van der Waals surface area (Å²) in [7, 11) is 3.33. The van der Waals surface area contributed by atoms with Gasteiger partial charge in [0.25, 0.3) is 0 Å². The third-order valence-electron chi connectivity index (χ3n) is 5.73. The molecule has 5 rings (SSSR count). The minimum atomic E-state index is 0.796. The number of rotatable bonds is 5. The normalized spacial score (nSPS) is 10.3. The van der Waals surface area contributed by atoms with Crippen molar-refractivity contribution in [2.24, 2.45) is 0 Å². The number of aromatic nitrogens is 2. The molecule has 0 fully saturated rings. The molecule has 0 aliphatic heterocycles. The molecular weight excluding hydrogens is 432 g/mol. The van der Waals surface area contributed by atoms with E-state index in [-0.39, 0.29) is 0 Å². The average molecular weight is 457 g/mol. The summed E-state index contributed by atoms with van der Waals surface area (Å²) in [5.74, 6) is 8.84. The standard InChI is InChI=1S/C31H24N2O2/c1-34-27-18-14-24(15-19-27)29-30(25-16-20-28(35-2)21-17-25)33-31(32-29)26-12-10-23(11-13-26)9-8-22-6-4-3-5-7-22/h3-7,10-21H,1-2H3,(H,32,33). The zero-order valence-corrected chi connectivity index (χ0v) is 19.6. The summed E-state index contributed by atoms with van der Waals surface area (Å²) < 4.78 is 10.7. The molecule has 0 radical (unpaired) electrons. The first-order valence-electron chi connectivity index (χ1n) is 11.3. The molecule has 1 heterocycles. The molecular formula is C31H24N2O2. The molecule has 0 atom stereocenters. The number of H-pyrrole nitrogens is 1. The number of ether oxygens (including phenoxy) is 2. The van der Waals surface area contributed by atoms with Gasteiger partial charge in [-0.05, 0) is 72.8 Å². The third kappa shape index (κ3) is 4.95. The predicted octanol–water partition coefficient (Wildman–Crippen LogP) is 6.83. The van der Waals surface area contributed by atoms with Gasteiger partial charge in [0.2, 0.25) is 0 Å². The SMILES string of the molecule is COc1ccc(-c2nc(-c3ccc(C#Cc4ccccc4)cc3)[nH]c2-c2ccc(OC)cc2)cc1. The van der Waals surface area contributed by atoms with Crippen molar-refractivity contribution in [3.63, 3.8) is 0 Å². The number of imidazole rings is 1. The smallest absolute Gasteiger partial charge is 0.138 e. The van der Waals surface area contributed by atoms with E-state index < -0.39 is 0 Å². The van der Waals surface area contributed by atoms with Crippen LogP contribution in [-0.4, -0.2) is 24.2 Å². The number of aromatic amines is 1. The van der Waals surface area contributed by atoms with Gasteiger partial charge in [0.15, 0.2) is 0 Å². The first-order chi connectivity index (χ1) is 17.2. The monoisotopic (exact) mass is 456 g/mol. The zero-order valence-electron chi connectivity index (χ0n) is 19.6. The van der Waals surface area contributed by atoms with Crippen LogP contribution in [0.25, 0.3) is 33.9 Å². The number of hydrogen-bond donors (Lipinski definition) is 1. The van der Waals surface area contributed by atoms with Crippen LogP contribution in [0.2, 0.25) is 0 Å². The molecule has 35 heavy (non-hydrogen) atoms. The summed E-state index contributed by atoms with van der Waals surface area (Å²) in [6.45, 7) is 0. The molecule has 0 spiro atoms. The molecule has 1 N–H and O–H groups in total. The van der Waals surface area contributed by atoms with E-state index in [1.807, 2.05) is 103 Å². The summed E-state index contributed by atoms with van der Waals surface area (Å²) in [5.41, 5.74) is 6.79. The van der Waals surface area contributed by atoms with Crippen molar-refractivity contribution in [3.05, 3.63) is 114 Å². The fourth-order valence-corrected chi connectivity index (χ4v) is 3.81. The first-order valence-corrected chi connectivity index (χ1v) is 11.3. The van der Waals surface area contributed by atoms with Gasteiger partial charge >= 0.3 is 0 Å². The number of methoxy groups -OCH3 is 2. The Balaban J connectivity index is 1.51. The highest BCUT2D eigenvalue weighted by Crippen LogP contribution is 2.34. The average Bonchev–Trinajstić information content (AvgIpc) is 3.38. The lowest BCUT2D eigenvalue weighted by Gasteiger charge is -2.06. The number of nitrogens with one attached hydrogen (secondary N) is 1. The van der Waals surface area contributed by atoms with Crippen LogP contribution in [0.15, 0.2) is 103 Å². The summed E-state index contributed by atoms with van der Waals surface area (Å²) in [6, 6.07) is 34.0. The Hall–Kier alpha value is -4.75. The Labute approximate surface area is 205 Å². The molecule has 4 nitrogen and oxygen atoms in total. The van der Waals surface area contributed by atoms with Gasteiger partial charge in [-0.25, -0.2) is 4.98 Å². The summed E-state index contributed by atoms with van der Waals surface area (Å²) >= 11 is 0. The van der Waals surface area contributed by atoms with Crippen molar-refractivity contribution in [3.8, 4) is 57.2 Å². The molecule has 0 saturated heterocycles. The van der Waals surface area contributed by atoms with Crippen LogP contribution in [0, 0.1) is 11.8 Å². The Morgan fingerprint density at radius 2 is 1.09 bits per heavy atom. The van der Waals surface area contributed by atoms with Gasteiger partial charge in [-0.15, -0.1) is 0 Å². The largest absolute Gasteiger partial charge is 0.497 e. The van der Waals surface area contributed by atoms with Gasteiger partial charge in [0.05, 0.1) is 25.6 Å². The molecule has 5 aromatic rings. The summed E-state index contributed by atoms with van der Waals surface area (Å²) in [5, 5.41) is 0. The fraction of sp³-hybridized carbons (Fsp3) is 0.0645. The third-order valence-corrected chi connectivity index (χ3v) is 5.73. The molecule has 0 aliphatic rings. The molecule has 0 bridgehead atoms. The van der Waals surface area contributed by atoms with Crippen LogP contribution < -0.4 is 9.47 Å². The minimum Gasteiger partial charge on any atom is -0.497 e. The maximum Gasteiger partial charge on any atom is 0.138 e. The highest BCUT2D eigenvalue weighted by Gasteiger charge is 2.15. The van der Waals surface area contributed by atoms with E-state index in [0.29, 0.717) is 0 Å². The van der Waals surface area contributed by atoms with Crippen molar-refractivity contribution in [2.75, 3.05) is 14.2 Å². The maximum atomic E-state index is 5.33. The number of hydrogen-bond acceptors (Lipinski definition) is 3. The lowest BCUT2D eigenvalue weighted by molar-refractivity contribution is 0.414. The first kappa shape index (κ1) is 22.1. The number of benzene rings is 4. The molecule has 170 valence electrons. The second kappa shape index (κ2) is 10.0. The molecule has 0 aliphatic carbocycles. The van der Waals surface area contributed by atoms with E-state index in [0.717, 1.165) is 56.5 Å². The molecule has 0 unspecified atom stereocenters. The van der Waals surface area contributed by atoms with Crippen molar-refractivity contribution in [2.45, 2.75) is 0 Å². The topological polar surface area (TPSA) is 47.1 Å². The van der Waals surface area contributed by atoms with Crippen molar-refractivity contribution in [1.29, 1.82) is 0 Å². The van der Waals surface area contributed by atoms with E-state index in [1.165, 1.54) is 0 Å². The Bertz CT molecular complexity index is 1410. The van der Waals surface area contributed by atoms with E-state index in [1.54, 1.807) is 14.2 Å². The van der Waals surface area contributed by atoms with Crippen LogP contribution in [-0.2, 0) is 0 Å². The lowest BCUT2D eigenvalue weighted by Crippen LogP contribution is -1.87. The van der Waals surface area contributed by atoms with E-state index in [4.69, 9.17) is 14.5 Å². The van der Waals surface area contributed by atoms with Crippen molar-refractivity contribution >= 4 is 0 Å². The highest BCUT2D eigenvalue weighted by molar-refractivity contribution is 5.81. The molecule has 4 aromatic carbocycles. The predicted molar refractivity (Wildman–Crippen MR) is 140 cm³/mol. The van der Waals surface area contributed by atoms with E-state index >= 15 is 0 Å². The number of nitrogens with zero attached hydrogens (tertiary/aromatic N) is 1. The van der Waals surface area contributed by atoms with Gasteiger partial charge in [-0.2, -0.15) is 0 Å². The quantitative estimate of drug-likeness (QED) is 0.295. The Morgan fingerprint density at radius 3 is 1.66 bits per heavy atom. The van der Waals surface area contributed by atoms with Crippen molar-refractivity contribution < 1.29 is 9.47 Å². The van der Waals surface area contributed by atoms with Crippen LogP contribution in [0.1, 0.15) is 11.1 Å². The van der Waals surface area contributed by atoms with E-state index in [2.05, 4.69) is 16.8 Å². The lowest BCUT2D eigenvalue weighted by atomic mass is 10.0. The van der Waals surface area contributed by atoms with Gasteiger partial charge in [0.1, 0.15) is 17.3 Å². The maximum absolute atomic E-state index is 5.33. The second-order valence-corrected chi connectivity index (χ2v) is 7.96. The van der Waals surface area contributed by atoms with E-state index in [9.17, 15) is 0 Å². The molecule has 0 amide bonds. The Kier molecular flexibility index (Phi) is 6.32. The van der Waals surface area contributed by atoms with Gasteiger partial charge < -0.3 is 14.5 Å². The summed E-state index contributed by atoms with van der Waals surface area (Å²) in [4.78, 5) is 8.52. The molecule has 0 saturated carbocycles. The minimum absolute atomic E-state index is 0.796.